The lowest BCUT2D eigenvalue weighted by Gasteiger charge is -2.21. The highest BCUT2D eigenvalue weighted by atomic mass is 79.9. The van der Waals surface area contributed by atoms with Crippen LogP contribution in [0.5, 0.6) is 0 Å². The highest BCUT2D eigenvalue weighted by Gasteiger charge is 2.37. The molecule has 1 fully saturated rings. The summed E-state index contributed by atoms with van der Waals surface area (Å²) in [7, 11) is 5.14. The fraction of sp³-hybridized carbons (Fsp3) is 0.750. The molecule has 0 unspecified atom stereocenters. The van der Waals surface area contributed by atoms with E-state index in [4.69, 9.17) is 12.6 Å². The Morgan fingerprint density at radius 1 is 1.64 bits per heavy atom. The molecule has 0 N–H and O–H groups in total. The minimum absolute atomic E-state index is 0.115. The topological polar surface area (TPSA) is 46.6 Å². The number of alkyl halides is 1. The number of hydrogen-bond donors (Lipinski definition) is 0. The monoisotopic (exact) mass is 259 g/mol. The molecule has 0 aliphatic carbocycles. The SMILES string of the molecule is [B]C(=O)N1C[C@@H](Br)C[C@@H]1C(=O)OCC. The number of halogens is 1. The number of carbonyl (C=O) groups is 2. The number of carbonyl (C=O) groups excluding carboxylic acids is 2. The lowest BCUT2D eigenvalue weighted by Crippen LogP contribution is -2.40. The molecule has 1 aliphatic heterocycles. The summed E-state index contributed by atoms with van der Waals surface area (Å²) in [5, 5.41) is 0. The summed E-state index contributed by atoms with van der Waals surface area (Å²) in [6, 6.07) is -0.531. The highest BCUT2D eigenvalue weighted by molar-refractivity contribution is 9.09. The van der Waals surface area contributed by atoms with Gasteiger partial charge in [-0.25, -0.2) is 4.79 Å². The summed E-state index contributed by atoms with van der Waals surface area (Å²) in [4.78, 5) is 23.8. The fourth-order valence-electron chi connectivity index (χ4n) is 1.49. The van der Waals surface area contributed by atoms with Crippen molar-refractivity contribution in [3.05, 3.63) is 0 Å². The van der Waals surface area contributed by atoms with Crippen LogP contribution in [0.3, 0.4) is 0 Å². The number of ether oxygens (including phenoxy) is 1. The van der Waals surface area contributed by atoms with Crippen LogP contribution in [0.4, 0.5) is 4.79 Å². The molecule has 2 atom stereocenters. The minimum atomic E-state index is -0.579. The predicted octanol–water partition coefficient (Wildman–Crippen LogP) is 0.676. The van der Waals surface area contributed by atoms with E-state index < -0.39 is 11.8 Å². The van der Waals surface area contributed by atoms with Gasteiger partial charge in [-0.05, 0) is 13.3 Å². The summed E-state index contributed by atoms with van der Waals surface area (Å²) < 4.78 is 4.85. The molecule has 6 heteroatoms. The molecule has 2 radical (unpaired) electrons. The van der Waals surface area contributed by atoms with Crippen molar-refractivity contribution in [2.45, 2.75) is 24.2 Å². The first-order valence-electron chi connectivity index (χ1n) is 4.43. The maximum Gasteiger partial charge on any atom is 0.328 e. The maximum atomic E-state index is 11.4. The van der Waals surface area contributed by atoms with Crippen LogP contribution in [0.15, 0.2) is 0 Å². The molecule has 0 saturated carbocycles. The summed E-state index contributed by atoms with van der Waals surface area (Å²) in [5.41, 5.74) is 0. The Kier molecular flexibility index (Phi) is 3.98. The van der Waals surface area contributed by atoms with Crippen LogP contribution in [-0.2, 0) is 9.53 Å². The van der Waals surface area contributed by atoms with E-state index in [1.165, 1.54) is 4.90 Å². The Morgan fingerprint density at radius 2 is 2.29 bits per heavy atom. The van der Waals surface area contributed by atoms with Crippen LogP contribution < -0.4 is 0 Å². The zero-order valence-electron chi connectivity index (χ0n) is 7.90. The molecule has 1 aliphatic rings. The van der Waals surface area contributed by atoms with E-state index in [1.54, 1.807) is 6.92 Å². The number of esters is 1. The molecule has 4 nitrogen and oxygen atoms in total. The molecule has 1 heterocycles. The summed E-state index contributed by atoms with van der Waals surface area (Å²) in [5.74, 6) is -0.960. The molecule has 0 aromatic carbocycles. The summed E-state index contributed by atoms with van der Waals surface area (Å²) in [6.07, 6.45) is 0.557. The van der Waals surface area contributed by atoms with Crippen molar-refractivity contribution < 1.29 is 14.3 Å². The van der Waals surface area contributed by atoms with Crippen LogP contribution >= 0.6 is 15.9 Å². The van der Waals surface area contributed by atoms with Gasteiger partial charge in [-0.2, -0.15) is 0 Å². The van der Waals surface area contributed by atoms with Crippen LogP contribution in [0.1, 0.15) is 13.3 Å². The fourth-order valence-corrected chi connectivity index (χ4v) is 2.16. The Labute approximate surface area is 92.5 Å². The molecular weight excluding hydrogens is 249 g/mol. The van der Waals surface area contributed by atoms with Crippen molar-refractivity contribution in [1.82, 2.24) is 4.90 Å². The molecule has 0 aromatic rings. The van der Waals surface area contributed by atoms with Gasteiger partial charge in [0.2, 0.25) is 7.85 Å². The molecule has 0 aromatic heterocycles. The molecule has 1 saturated heterocycles. The van der Waals surface area contributed by atoms with E-state index in [1.807, 2.05) is 0 Å². The second kappa shape index (κ2) is 4.82. The first kappa shape index (κ1) is 11.6. The third kappa shape index (κ3) is 2.50. The zero-order valence-corrected chi connectivity index (χ0v) is 9.49. The van der Waals surface area contributed by atoms with Gasteiger partial charge in [-0.3, -0.25) is 4.79 Å². The molecule has 0 spiro atoms. The minimum Gasteiger partial charge on any atom is -0.464 e. The first-order valence-corrected chi connectivity index (χ1v) is 5.34. The van der Waals surface area contributed by atoms with E-state index >= 15 is 0 Å². The van der Waals surface area contributed by atoms with Gasteiger partial charge < -0.3 is 9.64 Å². The quantitative estimate of drug-likeness (QED) is 0.416. The standard InChI is InChI=1S/C8H11BBrNO3/c1-2-14-7(12)6-3-5(10)4-11(6)8(9)13/h5-6H,2-4H2,1H3/t5-,6+/m0/s1. The summed E-state index contributed by atoms with van der Waals surface area (Å²) in [6.45, 7) is 2.50. The number of hydrogen-bond acceptors (Lipinski definition) is 3. The summed E-state index contributed by atoms with van der Waals surface area (Å²) >= 11 is 3.35. The average molecular weight is 260 g/mol. The van der Waals surface area contributed by atoms with Crippen LogP contribution in [0.2, 0.25) is 0 Å². The van der Waals surface area contributed by atoms with Crippen molar-refractivity contribution in [2.24, 2.45) is 0 Å². The lowest BCUT2D eigenvalue weighted by atomic mass is 10.1. The first-order chi connectivity index (χ1) is 6.56. The molecule has 0 bridgehead atoms. The van der Waals surface area contributed by atoms with E-state index in [2.05, 4.69) is 15.9 Å². The number of likely N-dealkylation sites (tertiary alicyclic amines) is 1. The Morgan fingerprint density at radius 3 is 2.79 bits per heavy atom. The van der Waals surface area contributed by atoms with Gasteiger partial charge in [-0.15, -0.1) is 0 Å². The third-order valence-electron chi connectivity index (χ3n) is 2.09. The average Bonchev–Trinajstić information content (AvgIpc) is 2.48. The van der Waals surface area contributed by atoms with Gasteiger partial charge >= 0.3 is 5.97 Å². The van der Waals surface area contributed by atoms with Gasteiger partial charge in [-0.1, -0.05) is 15.9 Å². The second-order valence-electron chi connectivity index (χ2n) is 3.09. The lowest BCUT2D eigenvalue weighted by molar-refractivity contribution is -0.147. The maximum absolute atomic E-state index is 11.4. The van der Waals surface area contributed by atoms with Crippen LogP contribution in [-0.4, -0.2) is 48.5 Å². The molecule has 14 heavy (non-hydrogen) atoms. The highest BCUT2D eigenvalue weighted by Crippen LogP contribution is 2.24. The largest absolute Gasteiger partial charge is 0.464 e. The van der Waals surface area contributed by atoms with Gasteiger partial charge in [0.25, 0.3) is 0 Å². The second-order valence-corrected chi connectivity index (χ2v) is 4.39. The van der Waals surface area contributed by atoms with E-state index in [9.17, 15) is 9.59 Å². The van der Waals surface area contributed by atoms with E-state index in [0.29, 0.717) is 19.6 Å². The smallest absolute Gasteiger partial charge is 0.328 e. The number of nitrogens with zero attached hydrogens (tertiary/aromatic N) is 1. The molecular formula is C8H11BBrNO3. The van der Waals surface area contributed by atoms with Crippen LogP contribution in [0, 0.1) is 0 Å². The van der Waals surface area contributed by atoms with E-state index in [0.717, 1.165) is 0 Å². The molecule has 1 amide bonds. The van der Waals surface area contributed by atoms with Gasteiger partial charge in [0.05, 0.1) is 6.61 Å². The van der Waals surface area contributed by atoms with Crippen molar-refractivity contribution in [3.8, 4) is 0 Å². The van der Waals surface area contributed by atoms with Gasteiger partial charge in [0.15, 0.2) is 5.81 Å². The number of amides is 1. The number of rotatable bonds is 2. The van der Waals surface area contributed by atoms with Gasteiger partial charge in [0, 0.05) is 11.4 Å². The van der Waals surface area contributed by atoms with Crippen LogP contribution in [0.25, 0.3) is 0 Å². The normalized spacial score (nSPS) is 26.3. The Balaban J connectivity index is 2.66. The zero-order chi connectivity index (χ0) is 10.7. The third-order valence-corrected chi connectivity index (χ3v) is 2.76. The Bertz CT molecular complexity index is 249. The van der Waals surface area contributed by atoms with Gasteiger partial charge in [0.1, 0.15) is 6.04 Å². The van der Waals surface area contributed by atoms with E-state index in [-0.39, 0.29) is 10.8 Å². The molecule has 76 valence electrons. The predicted molar refractivity (Wildman–Crippen MR) is 55.6 cm³/mol. The van der Waals surface area contributed by atoms with Crippen molar-refractivity contribution in [1.29, 1.82) is 0 Å². The van der Waals surface area contributed by atoms with Crippen molar-refractivity contribution in [3.63, 3.8) is 0 Å². The van der Waals surface area contributed by atoms with Crippen molar-refractivity contribution in [2.75, 3.05) is 13.2 Å². The van der Waals surface area contributed by atoms with Crippen molar-refractivity contribution >= 4 is 35.6 Å². The molecule has 1 rings (SSSR count). The Hall–Kier alpha value is -0.515.